The zero-order chi connectivity index (χ0) is 26.7. The van der Waals surface area contributed by atoms with Gasteiger partial charge >= 0.3 is 12.4 Å². The van der Waals surface area contributed by atoms with Gasteiger partial charge in [-0.1, -0.05) is 12.1 Å². The van der Waals surface area contributed by atoms with E-state index in [9.17, 15) is 40.0 Å². The third kappa shape index (κ3) is 6.10. The van der Waals surface area contributed by atoms with Crippen LogP contribution < -0.4 is 4.74 Å². The highest BCUT2D eigenvalue weighted by Gasteiger charge is 2.34. The van der Waals surface area contributed by atoms with E-state index in [1.165, 1.54) is 19.2 Å². The molecule has 0 atom stereocenters. The van der Waals surface area contributed by atoms with Crippen LogP contribution in [0.25, 0.3) is 0 Å². The van der Waals surface area contributed by atoms with E-state index in [-0.39, 0.29) is 22.4 Å². The van der Waals surface area contributed by atoms with Crippen molar-refractivity contribution in [1.82, 2.24) is 14.3 Å². The number of halogens is 6. The molecule has 0 radical (unpaired) electrons. The third-order valence-corrected chi connectivity index (χ3v) is 6.67. The van der Waals surface area contributed by atoms with E-state index in [4.69, 9.17) is 4.74 Å². The summed E-state index contributed by atoms with van der Waals surface area (Å²) in [4.78, 5) is 6.21. The van der Waals surface area contributed by atoms with E-state index < -0.39 is 51.7 Å². The van der Waals surface area contributed by atoms with Crippen LogP contribution in [0.3, 0.4) is 0 Å². The smallest absolute Gasteiger partial charge is 0.433 e. The van der Waals surface area contributed by atoms with Crippen molar-refractivity contribution in [3.05, 3.63) is 82.9 Å². The average Bonchev–Trinajstić information content (AvgIpc) is 2.82. The van der Waals surface area contributed by atoms with Crippen LogP contribution in [-0.2, 0) is 35.5 Å². The molecular formula is C22H16F6N4O3S. The molecule has 0 saturated heterocycles. The first-order valence-corrected chi connectivity index (χ1v) is 11.3. The van der Waals surface area contributed by atoms with E-state index in [0.29, 0.717) is 12.1 Å². The number of ether oxygens (including phenoxy) is 1. The first kappa shape index (κ1) is 26.9. The first-order chi connectivity index (χ1) is 16.8. The summed E-state index contributed by atoms with van der Waals surface area (Å²) in [5.41, 5.74) is -2.24. The second kappa shape index (κ2) is 10.1. The Morgan fingerprint density at radius 1 is 0.889 bits per heavy atom. The fourth-order valence-electron chi connectivity index (χ4n) is 3.09. The van der Waals surface area contributed by atoms with E-state index in [1.54, 1.807) is 6.07 Å². The minimum Gasteiger partial charge on any atom is -0.495 e. The number of sulfonamides is 1. The van der Waals surface area contributed by atoms with Gasteiger partial charge in [-0.25, -0.2) is 8.42 Å². The number of hydrogen-bond donors (Lipinski definition) is 0. The Hall–Kier alpha value is -3.70. The first-order valence-electron chi connectivity index (χ1n) is 9.88. The Bertz CT molecular complexity index is 1310. The van der Waals surface area contributed by atoms with Crippen molar-refractivity contribution in [2.45, 2.75) is 30.3 Å². The van der Waals surface area contributed by atoms with Crippen molar-refractivity contribution >= 4 is 10.0 Å². The molecule has 36 heavy (non-hydrogen) atoms. The maximum Gasteiger partial charge on any atom is 0.433 e. The Morgan fingerprint density at radius 2 is 1.39 bits per heavy atom. The summed E-state index contributed by atoms with van der Waals surface area (Å²) in [6.07, 6.45) is -7.72. The lowest BCUT2D eigenvalue weighted by Gasteiger charge is -2.24. The van der Waals surface area contributed by atoms with Gasteiger partial charge in [0.25, 0.3) is 0 Å². The number of pyridine rings is 2. The number of nitriles is 1. The zero-order valence-electron chi connectivity index (χ0n) is 18.3. The molecule has 7 nitrogen and oxygen atoms in total. The second-order valence-electron chi connectivity index (χ2n) is 7.35. The van der Waals surface area contributed by atoms with E-state index in [2.05, 4.69) is 9.97 Å². The number of nitrogens with zero attached hydrogens (tertiary/aromatic N) is 4. The molecule has 0 saturated carbocycles. The summed E-state index contributed by atoms with van der Waals surface area (Å²) in [6.45, 7) is -0.983. The van der Waals surface area contributed by atoms with Gasteiger partial charge in [-0.05, 0) is 41.5 Å². The highest BCUT2D eigenvalue weighted by molar-refractivity contribution is 7.89. The summed E-state index contributed by atoms with van der Waals surface area (Å²) in [5.74, 6) is -0.116. The van der Waals surface area contributed by atoms with Gasteiger partial charge in [-0.3, -0.25) is 9.97 Å². The van der Waals surface area contributed by atoms with Crippen molar-refractivity contribution < 1.29 is 39.5 Å². The van der Waals surface area contributed by atoms with Gasteiger partial charge in [0.05, 0.1) is 18.7 Å². The predicted molar refractivity (Wildman–Crippen MR) is 113 cm³/mol. The Morgan fingerprint density at radius 3 is 1.75 bits per heavy atom. The number of hydrogen-bond acceptors (Lipinski definition) is 6. The molecule has 0 aliphatic heterocycles. The molecule has 2 aromatic heterocycles. The predicted octanol–water partition coefficient (Wildman–Crippen LogP) is 4.79. The zero-order valence-corrected chi connectivity index (χ0v) is 19.1. The second-order valence-corrected chi connectivity index (χ2v) is 9.26. The van der Waals surface area contributed by atoms with Crippen molar-refractivity contribution in [2.24, 2.45) is 0 Å². The molecule has 0 spiro atoms. The minimum absolute atomic E-state index is 0.0123. The van der Waals surface area contributed by atoms with Crippen LogP contribution in [0, 0.1) is 11.3 Å². The Balaban J connectivity index is 2.05. The summed E-state index contributed by atoms with van der Waals surface area (Å²) in [7, 11) is -3.29. The fraction of sp³-hybridized carbons (Fsp3) is 0.227. The summed E-state index contributed by atoms with van der Waals surface area (Å²) in [5, 5.41) is 9.18. The van der Waals surface area contributed by atoms with Crippen LogP contribution in [0.15, 0.2) is 59.8 Å². The largest absolute Gasteiger partial charge is 0.495 e. The molecule has 0 aliphatic carbocycles. The van der Waals surface area contributed by atoms with Crippen molar-refractivity contribution in [3.63, 3.8) is 0 Å². The summed E-state index contributed by atoms with van der Waals surface area (Å²) < 4.78 is 110. The molecule has 0 fully saturated rings. The fourth-order valence-corrected chi connectivity index (χ4v) is 4.69. The number of methoxy groups -OCH3 is 1. The number of aromatic nitrogens is 2. The van der Waals surface area contributed by atoms with Gasteiger partial charge in [0, 0.05) is 25.5 Å². The van der Waals surface area contributed by atoms with Crippen LogP contribution >= 0.6 is 0 Å². The van der Waals surface area contributed by atoms with Gasteiger partial charge in [-0.2, -0.15) is 35.9 Å². The molecule has 3 aromatic rings. The lowest BCUT2D eigenvalue weighted by Crippen LogP contribution is -2.31. The third-order valence-electron chi connectivity index (χ3n) is 4.86. The van der Waals surface area contributed by atoms with E-state index in [0.717, 1.165) is 34.9 Å². The van der Waals surface area contributed by atoms with Crippen molar-refractivity contribution in [3.8, 4) is 11.8 Å². The maximum atomic E-state index is 13.6. The van der Waals surface area contributed by atoms with Crippen LogP contribution in [-0.4, -0.2) is 29.8 Å². The maximum absolute atomic E-state index is 13.6. The Kier molecular flexibility index (Phi) is 7.56. The normalized spacial score (nSPS) is 12.4. The van der Waals surface area contributed by atoms with Gasteiger partial charge in [-0.15, -0.1) is 0 Å². The van der Waals surface area contributed by atoms with Crippen molar-refractivity contribution in [1.29, 1.82) is 5.26 Å². The highest BCUT2D eigenvalue weighted by atomic mass is 32.2. The Labute approximate surface area is 201 Å². The van der Waals surface area contributed by atoms with Crippen LogP contribution in [0.5, 0.6) is 5.75 Å². The van der Waals surface area contributed by atoms with Crippen LogP contribution in [0.2, 0.25) is 0 Å². The molecule has 0 unspecified atom stereocenters. The molecule has 0 amide bonds. The molecule has 0 bridgehead atoms. The standard InChI is InChI=1S/C22H16F6N4O3S/c1-35-17-5-2-14(9-29)8-18(17)36(33,34)32(12-15-3-6-19(30-10-15)21(23,24)25)13-16-4-7-20(31-11-16)22(26,27)28/h2-8,10-11H,12-13H2,1H3. The summed E-state index contributed by atoms with van der Waals surface area (Å²) >= 11 is 0. The molecular weight excluding hydrogens is 514 g/mol. The van der Waals surface area contributed by atoms with Gasteiger partial charge < -0.3 is 4.74 Å². The number of benzene rings is 1. The molecule has 0 aliphatic rings. The molecule has 3 rings (SSSR count). The van der Waals surface area contributed by atoms with Crippen LogP contribution in [0.1, 0.15) is 28.1 Å². The molecule has 2 heterocycles. The van der Waals surface area contributed by atoms with Crippen LogP contribution in [0.4, 0.5) is 26.3 Å². The topological polar surface area (TPSA) is 96.2 Å². The summed E-state index contributed by atoms with van der Waals surface area (Å²) in [6, 6.07) is 8.85. The lowest BCUT2D eigenvalue weighted by atomic mass is 10.2. The highest BCUT2D eigenvalue weighted by Crippen LogP contribution is 2.32. The quantitative estimate of drug-likeness (QED) is 0.408. The lowest BCUT2D eigenvalue weighted by molar-refractivity contribution is -0.142. The number of rotatable bonds is 7. The molecule has 190 valence electrons. The van der Waals surface area contributed by atoms with E-state index >= 15 is 0 Å². The monoisotopic (exact) mass is 530 g/mol. The van der Waals surface area contributed by atoms with Gasteiger partial charge in [0.15, 0.2) is 0 Å². The molecule has 0 N–H and O–H groups in total. The van der Waals surface area contributed by atoms with Crippen molar-refractivity contribution in [2.75, 3.05) is 7.11 Å². The molecule has 1 aromatic carbocycles. The van der Waals surface area contributed by atoms with E-state index in [1.807, 2.05) is 0 Å². The molecule has 14 heteroatoms. The minimum atomic E-state index is -4.71. The average molecular weight is 530 g/mol. The van der Waals surface area contributed by atoms with Gasteiger partial charge in [0.2, 0.25) is 10.0 Å². The SMILES string of the molecule is COc1ccc(C#N)cc1S(=O)(=O)N(Cc1ccc(C(F)(F)F)nc1)Cc1ccc(C(F)(F)F)nc1. The van der Waals surface area contributed by atoms with Gasteiger partial charge in [0.1, 0.15) is 22.0 Å². The number of alkyl halides is 6.